The number of hydrogen-bond acceptors (Lipinski definition) is 3. The minimum atomic E-state index is 0.531. The van der Waals surface area contributed by atoms with E-state index in [4.69, 9.17) is 5.26 Å². The highest BCUT2D eigenvalue weighted by Crippen LogP contribution is 2.10. The topological polar surface area (TPSA) is 47.8 Å². The van der Waals surface area contributed by atoms with Crippen molar-refractivity contribution in [1.29, 1.82) is 5.26 Å². The zero-order valence-electron chi connectivity index (χ0n) is 8.34. The van der Waals surface area contributed by atoms with Crippen LogP contribution in [0.5, 0.6) is 0 Å². The Balaban J connectivity index is 2.03. The third-order valence-electron chi connectivity index (χ3n) is 2.53. The second kappa shape index (κ2) is 5.95. The van der Waals surface area contributed by atoms with Gasteiger partial charge >= 0.3 is 0 Å². The van der Waals surface area contributed by atoms with Gasteiger partial charge in [0.05, 0.1) is 6.07 Å². The molecule has 1 saturated heterocycles. The highest BCUT2D eigenvalue weighted by Gasteiger charge is 2.16. The lowest BCUT2D eigenvalue weighted by Crippen LogP contribution is -2.34. The Kier molecular flexibility index (Phi) is 4.81. The SMILES string of the molecule is CC(CC1CCCN1)NCCC#N. The first kappa shape index (κ1) is 10.5. The van der Waals surface area contributed by atoms with Gasteiger partial charge in [-0.05, 0) is 32.7 Å². The number of nitriles is 1. The van der Waals surface area contributed by atoms with Crippen LogP contribution in [0.2, 0.25) is 0 Å². The molecule has 0 amide bonds. The second-order valence-corrected chi connectivity index (χ2v) is 3.79. The first-order chi connectivity index (χ1) is 6.33. The molecule has 0 saturated carbocycles. The lowest BCUT2D eigenvalue weighted by Gasteiger charge is -2.17. The monoisotopic (exact) mass is 181 g/mol. The van der Waals surface area contributed by atoms with Gasteiger partial charge in [-0.15, -0.1) is 0 Å². The van der Waals surface area contributed by atoms with Gasteiger partial charge in [0.15, 0.2) is 0 Å². The molecular formula is C10H19N3. The van der Waals surface area contributed by atoms with Crippen molar-refractivity contribution in [2.45, 2.75) is 44.7 Å². The fourth-order valence-corrected chi connectivity index (χ4v) is 1.84. The highest BCUT2D eigenvalue weighted by molar-refractivity contribution is 4.79. The van der Waals surface area contributed by atoms with Crippen molar-refractivity contribution >= 4 is 0 Å². The Morgan fingerprint density at radius 2 is 2.54 bits per heavy atom. The average molecular weight is 181 g/mol. The molecule has 0 aliphatic carbocycles. The fraction of sp³-hybridized carbons (Fsp3) is 0.900. The van der Waals surface area contributed by atoms with E-state index in [0.717, 1.165) is 6.54 Å². The van der Waals surface area contributed by atoms with Gasteiger partial charge < -0.3 is 10.6 Å². The Morgan fingerprint density at radius 3 is 3.15 bits per heavy atom. The van der Waals surface area contributed by atoms with Crippen LogP contribution in [0, 0.1) is 11.3 Å². The van der Waals surface area contributed by atoms with Crippen LogP contribution in [-0.2, 0) is 0 Å². The molecule has 3 nitrogen and oxygen atoms in total. The van der Waals surface area contributed by atoms with E-state index in [1.165, 1.54) is 25.8 Å². The largest absolute Gasteiger partial charge is 0.314 e. The summed E-state index contributed by atoms with van der Waals surface area (Å²) in [5, 5.41) is 15.2. The van der Waals surface area contributed by atoms with Gasteiger partial charge in [0.25, 0.3) is 0 Å². The van der Waals surface area contributed by atoms with E-state index >= 15 is 0 Å². The molecule has 74 valence electrons. The lowest BCUT2D eigenvalue weighted by molar-refractivity contribution is 0.444. The zero-order chi connectivity index (χ0) is 9.52. The maximum Gasteiger partial charge on any atom is 0.0635 e. The van der Waals surface area contributed by atoms with Crippen LogP contribution in [0.3, 0.4) is 0 Å². The normalized spacial score (nSPS) is 24.2. The summed E-state index contributed by atoms with van der Waals surface area (Å²) in [6.07, 6.45) is 4.42. The van der Waals surface area contributed by atoms with E-state index in [2.05, 4.69) is 23.6 Å². The predicted molar refractivity (Wildman–Crippen MR) is 53.3 cm³/mol. The molecule has 0 aromatic heterocycles. The summed E-state index contributed by atoms with van der Waals surface area (Å²) in [5.74, 6) is 0. The molecule has 2 atom stereocenters. The van der Waals surface area contributed by atoms with Crippen molar-refractivity contribution in [3.8, 4) is 6.07 Å². The minimum Gasteiger partial charge on any atom is -0.314 e. The third kappa shape index (κ3) is 4.25. The Labute approximate surface area is 80.5 Å². The van der Waals surface area contributed by atoms with E-state index in [0.29, 0.717) is 18.5 Å². The van der Waals surface area contributed by atoms with Crippen molar-refractivity contribution in [3.05, 3.63) is 0 Å². The summed E-state index contributed by atoms with van der Waals surface area (Å²) < 4.78 is 0. The molecule has 1 aliphatic heterocycles. The van der Waals surface area contributed by atoms with Crippen LogP contribution in [0.1, 0.15) is 32.6 Å². The summed E-state index contributed by atoms with van der Waals surface area (Å²) in [4.78, 5) is 0. The van der Waals surface area contributed by atoms with Crippen LogP contribution in [0.4, 0.5) is 0 Å². The number of nitrogens with zero attached hydrogens (tertiary/aromatic N) is 1. The van der Waals surface area contributed by atoms with Crippen LogP contribution < -0.4 is 10.6 Å². The van der Waals surface area contributed by atoms with Crippen molar-refractivity contribution in [1.82, 2.24) is 10.6 Å². The van der Waals surface area contributed by atoms with Gasteiger partial charge in [-0.1, -0.05) is 0 Å². The lowest BCUT2D eigenvalue weighted by atomic mass is 10.1. The molecule has 0 spiro atoms. The molecule has 0 aromatic rings. The van der Waals surface area contributed by atoms with E-state index in [9.17, 15) is 0 Å². The van der Waals surface area contributed by atoms with Gasteiger partial charge in [-0.3, -0.25) is 0 Å². The number of nitrogens with one attached hydrogen (secondary N) is 2. The second-order valence-electron chi connectivity index (χ2n) is 3.79. The van der Waals surface area contributed by atoms with E-state index in [1.54, 1.807) is 0 Å². The van der Waals surface area contributed by atoms with Gasteiger partial charge in [-0.25, -0.2) is 0 Å². The van der Waals surface area contributed by atoms with Crippen LogP contribution >= 0.6 is 0 Å². The van der Waals surface area contributed by atoms with Crippen LogP contribution in [0.25, 0.3) is 0 Å². The number of rotatable bonds is 5. The summed E-state index contributed by atoms with van der Waals surface area (Å²) in [7, 11) is 0. The molecule has 1 rings (SSSR count). The molecule has 0 radical (unpaired) electrons. The smallest absolute Gasteiger partial charge is 0.0635 e. The Hall–Kier alpha value is -0.590. The van der Waals surface area contributed by atoms with Crippen molar-refractivity contribution in [3.63, 3.8) is 0 Å². The van der Waals surface area contributed by atoms with E-state index < -0.39 is 0 Å². The maximum absolute atomic E-state index is 8.36. The Morgan fingerprint density at radius 1 is 1.69 bits per heavy atom. The van der Waals surface area contributed by atoms with Crippen molar-refractivity contribution < 1.29 is 0 Å². The quantitative estimate of drug-likeness (QED) is 0.623. The summed E-state index contributed by atoms with van der Waals surface area (Å²) in [6, 6.07) is 3.37. The summed E-state index contributed by atoms with van der Waals surface area (Å²) in [6.45, 7) is 4.19. The van der Waals surface area contributed by atoms with Gasteiger partial charge in [0, 0.05) is 25.0 Å². The van der Waals surface area contributed by atoms with Gasteiger partial charge in [0.2, 0.25) is 0 Å². The van der Waals surface area contributed by atoms with Crippen LogP contribution in [-0.4, -0.2) is 25.2 Å². The van der Waals surface area contributed by atoms with Crippen LogP contribution in [0.15, 0.2) is 0 Å². The molecule has 2 unspecified atom stereocenters. The Bertz CT molecular complexity index is 167. The zero-order valence-corrected chi connectivity index (χ0v) is 8.34. The third-order valence-corrected chi connectivity index (χ3v) is 2.53. The van der Waals surface area contributed by atoms with Crippen molar-refractivity contribution in [2.75, 3.05) is 13.1 Å². The molecule has 1 aliphatic rings. The summed E-state index contributed by atoms with van der Waals surface area (Å²) in [5.41, 5.74) is 0. The van der Waals surface area contributed by atoms with Gasteiger partial charge in [-0.2, -0.15) is 5.26 Å². The molecule has 1 fully saturated rings. The molecule has 3 heteroatoms. The number of hydrogen-bond donors (Lipinski definition) is 2. The highest BCUT2D eigenvalue weighted by atomic mass is 15.0. The fourth-order valence-electron chi connectivity index (χ4n) is 1.84. The summed E-state index contributed by atoms with van der Waals surface area (Å²) >= 11 is 0. The molecule has 13 heavy (non-hydrogen) atoms. The maximum atomic E-state index is 8.36. The standard InChI is InChI=1S/C10H19N3/c1-9(12-7-3-5-11)8-10-4-2-6-13-10/h9-10,12-13H,2-4,6-8H2,1H3. The van der Waals surface area contributed by atoms with Crippen molar-refractivity contribution in [2.24, 2.45) is 0 Å². The first-order valence-corrected chi connectivity index (χ1v) is 5.16. The molecule has 0 bridgehead atoms. The molecule has 0 aromatic carbocycles. The van der Waals surface area contributed by atoms with E-state index in [1.807, 2.05) is 0 Å². The first-order valence-electron chi connectivity index (χ1n) is 5.16. The average Bonchev–Trinajstić information content (AvgIpc) is 2.57. The molecular weight excluding hydrogens is 162 g/mol. The molecule has 2 N–H and O–H groups in total. The van der Waals surface area contributed by atoms with Gasteiger partial charge in [0.1, 0.15) is 0 Å². The molecule has 1 heterocycles. The van der Waals surface area contributed by atoms with E-state index in [-0.39, 0.29) is 0 Å². The minimum absolute atomic E-state index is 0.531. The predicted octanol–water partition coefficient (Wildman–Crippen LogP) is 1.02.